The van der Waals surface area contributed by atoms with E-state index in [1.165, 1.54) is 25.7 Å². The minimum absolute atomic E-state index is 0.365. The topological polar surface area (TPSA) is 20.3 Å². The van der Waals surface area contributed by atoms with Crippen LogP contribution in [0.15, 0.2) is 0 Å². The quantitative estimate of drug-likeness (QED) is 0.555. The molecule has 0 aromatic heterocycles. The van der Waals surface area contributed by atoms with Gasteiger partial charge in [-0.05, 0) is 25.7 Å². The van der Waals surface area contributed by atoms with Crippen LogP contribution < -0.4 is 0 Å². The minimum Gasteiger partial charge on any atom is -0.340 e. The number of rotatable bonds is 10. The number of hydrogen-bond acceptors (Lipinski definition) is 1. The van der Waals surface area contributed by atoms with Gasteiger partial charge in [-0.3, -0.25) is 4.79 Å². The van der Waals surface area contributed by atoms with Crippen molar-refractivity contribution in [1.82, 2.24) is 4.90 Å². The summed E-state index contributed by atoms with van der Waals surface area (Å²) in [6.07, 6.45) is 8.73. The number of carbonyl (C=O) groups is 1. The van der Waals surface area contributed by atoms with Crippen molar-refractivity contribution in [1.29, 1.82) is 0 Å². The summed E-state index contributed by atoms with van der Waals surface area (Å²) in [5, 5.41) is 0. The Balaban J connectivity index is 4.49. The van der Waals surface area contributed by atoms with Crippen LogP contribution in [0.5, 0.6) is 0 Å². The highest BCUT2D eigenvalue weighted by molar-refractivity contribution is 5.76. The summed E-state index contributed by atoms with van der Waals surface area (Å²) in [4.78, 5) is 14.3. The molecule has 0 aliphatic heterocycles. The van der Waals surface area contributed by atoms with E-state index in [0.29, 0.717) is 18.4 Å². The van der Waals surface area contributed by atoms with Crippen molar-refractivity contribution in [3.8, 4) is 0 Å². The average molecular weight is 241 g/mol. The van der Waals surface area contributed by atoms with E-state index in [4.69, 9.17) is 0 Å². The maximum Gasteiger partial charge on any atom is 0.222 e. The van der Waals surface area contributed by atoms with Gasteiger partial charge in [0.05, 0.1) is 0 Å². The van der Waals surface area contributed by atoms with Crippen LogP contribution in [0.1, 0.15) is 79.1 Å². The lowest BCUT2D eigenvalue weighted by molar-refractivity contribution is -0.134. The normalized spacial score (nSPS) is 12.5. The van der Waals surface area contributed by atoms with Crippen molar-refractivity contribution < 1.29 is 4.79 Å². The van der Waals surface area contributed by atoms with Crippen molar-refractivity contribution in [2.75, 3.05) is 6.54 Å². The van der Waals surface area contributed by atoms with Gasteiger partial charge in [0, 0.05) is 19.0 Å². The first-order valence-corrected chi connectivity index (χ1v) is 7.50. The van der Waals surface area contributed by atoms with Gasteiger partial charge >= 0.3 is 0 Å². The fourth-order valence-electron chi connectivity index (χ4n) is 2.34. The SMILES string of the molecule is CCCCC(CCC)N(CCC)C(=O)CCC. The molecule has 1 amide bonds. The predicted molar refractivity (Wildman–Crippen MR) is 75.1 cm³/mol. The summed E-state index contributed by atoms with van der Waals surface area (Å²) in [7, 11) is 0. The van der Waals surface area contributed by atoms with E-state index in [-0.39, 0.29) is 0 Å². The zero-order valence-electron chi connectivity index (χ0n) is 12.3. The van der Waals surface area contributed by atoms with E-state index in [1.54, 1.807) is 0 Å². The van der Waals surface area contributed by atoms with Gasteiger partial charge in [0.2, 0.25) is 5.91 Å². The zero-order valence-corrected chi connectivity index (χ0v) is 12.3. The summed E-state index contributed by atoms with van der Waals surface area (Å²) in [6.45, 7) is 9.62. The maximum absolute atomic E-state index is 12.1. The molecular formula is C15H31NO. The molecule has 2 nitrogen and oxygen atoms in total. The van der Waals surface area contributed by atoms with Gasteiger partial charge in [0.25, 0.3) is 0 Å². The van der Waals surface area contributed by atoms with Gasteiger partial charge in [0.1, 0.15) is 0 Å². The molecule has 0 aromatic rings. The lowest BCUT2D eigenvalue weighted by Crippen LogP contribution is -2.40. The molecule has 1 atom stereocenters. The first-order chi connectivity index (χ1) is 8.21. The Morgan fingerprint density at radius 1 is 0.941 bits per heavy atom. The second-order valence-electron chi connectivity index (χ2n) is 4.92. The third-order valence-corrected chi connectivity index (χ3v) is 3.20. The molecule has 0 bridgehead atoms. The molecule has 0 fully saturated rings. The Hall–Kier alpha value is -0.530. The fraction of sp³-hybridized carbons (Fsp3) is 0.933. The largest absolute Gasteiger partial charge is 0.340 e. The van der Waals surface area contributed by atoms with Crippen LogP contribution >= 0.6 is 0 Å². The second kappa shape index (κ2) is 10.6. The lowest BCUT2D eigenvalue weighted by atomic mass is 10.0. The standard InChI is InChI=1S/C15H31NO/c1-5-9-12-14(10-6-2)16(13-8-4)15(17)11-7-3/h14H,5-13H2,1-4H3. The van der Waals surface area contributed by atoms with E-state index in [0.717, 1.165) is 25.8 Å². The highest BCUT2D eigenvalue weighted by Gasteiger charge is 2.20. The molecule has 0 heterocycles. The van der Waals surface area contributed by atoms with Crippen molar-refractivity contribution in [3.63, 3.8) is 0 Å². The van der Waals surface area contributed by atoms with E-state index in [1.807, 2.05) is 0 Å². The van der Waals surface area contributed by atoms with Gasteiger partial charge in [-0.2, -0.15) is 0 Å². The van der Waals surface area contributed by atoms with Gasteiger partial charge < -0.3 is 4.90 Å². The maximum atomic E-state index is 12.1. The minimum atomic E-state index is 0.365. The molecule has 1 unspecified atom stereocenters. The molecule has 0 saturated heterocycles. The first-order valence-electron chi connectivity index (χ1n) is 7.50. The summed E-state index contributed by atoms with van der Waals surface area (Å²) >= 11 is 0. The van der Waals surface area contributed by atoms with E-state index in [9.17, 15) is 4.79 Å². The van der Waals surface area contributed by atoms with Crippen LogP contribution in [0.4, 0.5) is 0 Å². The van der Waals surface area contributed by atoms with Crippen LogP contribution in [-0.4, -0.2) is 23.4 Å². The number of carbonyl (C=O) groups excluding carboxylic acids is 1. The third kappa shape index (κ3) is 6.70. The van der Waals surface area contributed by atoms with Crippen molar-refractivity contribution in [2.24, 2.45) is 0 Å². The molecule has 102 valence electrons. The van der Waals surface area contributed by atoms with E-state index >= 15 is 0 Å². The molecule has 0 saturated carbocycles. The van der Waals surface area contributed by atoms with Crippen LogP contribution in [0, 0.1) is 0 Å². The van der Waals surface area contributed by atoms with E-state index < -0.39 is 0 Å². The highest BCUT2D eigenvalue weighted by atomic mass is 16.2. The summed E-state index contributed by atoms with van der Waals surface area (Å²) in [5.41, 5.74) is 0. The van der Waals surface area contributed by atoms with Crippen molar-refractivity contribution in [3.05, 3.63) is 0 Å². The molecule has 2 heteroatoms. The molecule has 0 aromatic carbocycles. The number of unbranched alkanes of at least 4 members (excludes halogenated alkanes) is 1. The molecule has 0 radical (unpaired) electrons. The first kappa shape index (κ1) is 16.5. The molecule has 0 aliphatic carbocycles. The smallest absolute Gasteiger partial charge is 0.222 e. The van der Waals surface area contributed by atoms with Gasteiger partial charge in [-0.1, -0.05) is 47.0 Å². The molecule has 0 rings (SSSR count). The number of hydrogen-bond donors (Lipinski definition) is 0. The number of nitrogens with zero attached hydrogens (tertiary/aromatic N) is 1. The number of amides is 1. The zero-order chi connectivity index (χ0) is 13.1. The van der Waals surface area contributed by atoms with Crippen molar-refractivity contribution >= 4 is 5.91 Å². The van der Waals surface area contributed by atoms with Crippen molar-refractivity contribution in [2.45, 2.75) is 85.1 Å². The molecule has 0 N–H and O–H groups in total. The van der Waals surface area contributed by atoms with E-state index in [2.05, 4.69) is 32.6 Å². The Morgan fingerprint density at radius 2 is 1.65 bits per heavy atom. The monoisotopic (exact) mass is 241 g/mol. The van der Waals surface area contributed by atoms with Gasteiger partial charge in [-0.15, -0.1) is 0 Å². The Bertz CT molecular complexity index is 191. The molecule has 17 heavy (non-hydrogen) atoms. The third-order valence-electron chi connectivity index (χ3n) is 3.20. The Morgan fingerprint density at radius 3 is 2.12 bits per heavy atom. The Labute approximate surface area is 108 Å². The van der Waals surface area contributed by atoms with Crippen LogP contribution in [0.25, 0.3) is 0 Å². The van der Waals surface area contributed by atoms with Crippen LogP contribution in [0.3, 0.4) is 0 Å². The van der Waals surface area contributed by atoms with Crippen LogP contribution in [-0.2, 0) is 4.79 Å². The summed E-state index contributed by atoms with van der Waals surface area (Å²) < 4.78 is 0. The van der Waals surface area contributed by atoms with Gasteiger partial charge in [0.15, 0.2) is 0 Å². The molecule has 0 aliphatic rings. The summed E-state index contributed by atoms with van der Waals surface area (Å²) in [6, 6.07) is 0.485. The van der Waals surface area contributed by atoms with Gasteiger partial charge in [-0.25, -0.2) is 0 Å². The Kier molecular flexibility index (Phi) is 10.3. The summed E-state index contributed by atoms with van der Waals surface area (Å²) in [5.74, 6) is 0.365. The van der Waals surface area contributed by atoms with Crippen LogP contribution in [0.2, 0.25) is 0 Å². The predicted octanol–water partition coefficient (Wildman–Crippen LogP) is 4.38. The average Bonchev–Trinajstić information content (AvgIpc) is 2.32. The molecular weight excluding hydrogens is 210 g/mol. The molecule has 0 spiro atoms. The fourth-order valence-corrected chi connectivity index (χ4v) is 2.34. The second-order valence-corrected chi connectivity index (χ2v) is 4.92. The lowest BCUT2D eigenvalue weighted by Gasteiger charge is -2.32. The highest BCUT2D eigenvalue weighted by Crippen LogP contribution is 2.16.